The molecular formula is C11H13NO3S. The maximum absolute atomic E-state index is 10.7. The van der Waals surface area contributed by atoms with E-state index in [1.165, 1.54) is 11.8 Å². The third-order valence-corrected chi connectivity index (χ3v) is 2.98. The van der Waals surface area contributed by atoms with Crippen LogP contribution in [0.1, 0.15) is 22.8 Å². The number of hydrogen-bond donors (Lipinski definition) is 1. The average molecular weight is 239 g/mol. The van der Waals surface area contributed by atoms with E-state index in [9.17, 15) is 9.59 Å². The molecule has 1 rings (SSSR count). The lowest BCUT2D eigenvalue weighted by molar-refractivity contribution is 0.112. The summed E-state index contributed by atoms with van der Waals surface area (Å²) in [5.41, 5.74) is 6.14. The standard InChI is InChI=1S/C11H13NO3S/c1-8(15-11(12)14)16-7-10-5-3-2-4-9(10)6-13/h2-6,8H,7H2,1H3,(H2,12,14). The van der Waals surface area contributed by atoms with Gasteiger partial charge in [-0.05, 0) is 12.5 Å². The van der Waals surface area contributed by atoms with Crippen molar-refractivity contribution in [1.82, 2.24) is 0 Å². The molecule has 0 radical (unpaired) electrons. The Morgan fingerprint density at radius 3 is 2.88 bits per heavy atom. The molecule has 0 bridgehead atoms. The van der Waals surface area contributed by atoms with Gasteiger partial charge in [0.15, 0.2) is 0 Å². The van der Waals surface area contributed by atoms with E-state index in [4.69, 9.17) is 10.5 Å². The summed E-state index contributed by atoms with van der Waals surface area (Å²) in [6.45, 7) is 1.74. The molecule has 0 aliphatic heterocycles. The molecule has 0 aliphatic rings. The molecule has 0 heterocycles. The van der Waals surface area contributed by atoms with E-state index in [-0.39, 0.29) is 5.44 Å². The summed E-state index contributed by atoms with van der Waals surface area (Å²) in [5, 5.41) is 0. The monoisotopic (exact) mass is 239 g/mol. The summed E-state index contributed by atoms with van der Waals surface area (Å²) < 4.78 is 4.76. The van der Waals surface area contributed by atoms with Crippen LogP contribution in [0, 0.1) is 0 Å². The molecule has 0 saturated heterocycles. The molecule has 2 N–H and O–H groups in total. The van der Waals surface area contributed by atoms with Gasteiger partial charge in [0.25, 0.3) is 0 Å². The van der Waals surface area contributed by atoms with Crippen LogP contribution < -0.4 is 5.73 Å². The molecule has 1 amide bonds. The van der Waals surface area contributed by atoms with Crippen molar-refractivity contribution in [3.63, 3.8) is 0 Å². The SMILES string of the molecule is CC(OC(N)=O)SCc1ccccc1C=O. The summed E-state index contributed by atoms with van der Waals surface area (Å²) in [7, 11) is 0. The van der Waals surface area contributed by atoms with E-state index in [0.717, 1.165) is 11.8 Å². The van der Waals surface area contributed by atoms with Crippen molar-refractivity contribution in [2.75, 3.05) is 0 Å². The van der Waals surface area contributed by atoms with Crippen LogP contribution in [-0.2, 0) is 10.5 Å². The Kier molecular flexibility index (Phi) is 4.85. The van der Waals surface area contributed by atoms with Crippen LogP contribution in [0.4, 0.5) is 4.79 Å². The summed E-state index contributed by atoms with van der Waals surface area (Å²) in [6, 6.07) is 7.29. The second-order valence-electron chi connectivity index (χ2n) is 3.13. The minimum atomic E-state index is -0.788. The van der Waals surface area contributed by atoms with Gasteiger partial charge in [0.1, 0.15) is 11.7 Å². The lowest BCUT2D eigenvalue weighted by Crippen LogP contribution is -2.18. The lowest BCUT2D eigenvalue weighted by Gasteiger charge is -2.11. The first-order valence-corrected chi connectivity index (χ1v) is 5.79. The van der Waals surface area contributed by atoms with E-state index in [0.29, 0.717) is 11.3 Å². The fourth-order valence-electron chi connectivity index (χ4n) is 1.19. The number of nitrogens with two attached hydrogens (primary N) is 1. The van der Waals surface area contributed by atoms with E-state index in [1.807, 2.05) is 12.1 Å². The van der Waals surface area contributed by atoms with Crippen molar-refractivity contribution in [3.8, 4) is 0 Å². The molecule has 0 saturated carbocycles. The highest BCUT2D eigenvalue weighted by molar-refractivity contribution is 7.99. The Labute approximate surface area is 98.2 Å². The molecule has 16 heavy (non-hydrogen) atoms. The van der Waals surface area contributed by atoms with Crippen molar-refractivity contribution < 1.29 is 14.3 Å². The summed E-state index contributed by atoms with van der Waals surface area (Å²) in [5.74, 6) is 0.601. The molecule has 1 unspecified atom stereocenters. The van der Waals surface area contributed by atoms with Gasteiger partial charge in [0, 0.05) is 11.3 Å². The topological polar surface area (TPSA) is 69.4 Å². The second kappa shape index (κ2) is 6.17. The largest absolute Gasteiger partial charge is 0.436 e. The number of carbonyl (C=O) groups is 2. The quantitative estimate of drug-likeness (QED) is 0.631. The maximum atomic E-state index is 10.7. The van der Waals surface area contributed by atoms with Gasteiger partial charge in [-0.3, -0.25) is 4.79 Å². The minimum absolute atomic E-state index is 0.322. The van der Waals surface area contributed by atoms with Crippen molar-refractivity contribution in [2.24, 2.45) is 5.73 Å². The van der Waals surface area contributed by atoms with Gasteiger partial charge < -0.3 is 10.5 Å². The predicted molar refractivity (Wildman–Crippen MR) is 63.3 cm³/mol. The molecular weight excluding hydrogens is 226 g/mol. The summed E-state index contributed by atoms with van der Waals surface area (Å²) in [4.78, 5) is 21.2. The zero-order valence-electron chi connectivity index (χ0n) is 8.88. The molecule has 1 aromatic carbocycles. The first-order valence-electron chi connectivity index (χ1n) is 4.74. The van der Waals surface area contributed by atoms with Gasteiger partial charge in [-0.1, -0.05) is 24.3 Å². The smallest absolute Gasteiger partial charge is 0.405 e. The van der Waals surface area contributed by atoms with E-state index < -0.39 is 6.09 Å². The second-order valence-corrected chi connectivity index (χ2v) is 4.42. The minimum Gasteiger partial charge on any atom is -0.436 e. The molecule has 0 aromatic heterocycles. The maximum Gasteiger partial charge on any atom is 0.405 e. The molecule has 0 aliphatic carbocycles. The summed E-state index contributed by atoms with van der Waals surface area (Å²) >= 11 is 1.41. The number of amides is 1. The molecule has 5 heteroatoms. The fourth-order valence-corrected chi connectivity index (χ4v) is 2.03. The van der Waals surface area contributed by atoms with Gasteiger partial charge in [-0.2, -0.15) is 0 Å². The van der Waals surface area contributed by atoms with Crippen molar-refractivity contribution in [2.45, 2.75) is 18.1 Å². The van der Waals surface area contributed by atoms with Crippen molar-refractivity contribution in [1.29, 1.82) is 0 Å². The highest BCUT2D eigenvalue weighted by atomic mass is 32.2. The Morgan fingerprint density at radius 1 is 1.56 bits per heavy atom. The van der Waals surface area contributed by atoms with Crippen LogP contribution in [-0.4, -0.2) is 17.8 Å². The van der Waals surface area contributed by atoms with Crippen LogP contribution in [0.2, 0.25) is 0 Å². The number of primary amides is 1. The van der Waals surface area contributed by atoms with Gasteiger partial charge in [0.2, 0.25) is 0 Å². The van der Waals surface area contributed by atoms with Gasteiger partial charge in [-0.25, -0.2) is 4.79 Å². The fraction of sp³-hybridized carbons (Fsp3) is 0.273. The first-order chi connectivity index (χ1) is 7.63. The predicted octanol–water partition coefficient (Wildman–Crippen LogP) is 2.17. The number of rotatable bonds is 5. The Bertz CT molecular complexity index is 381. The Hall–Kier alpha value is -1.49. The highest BCUT2D eigenvalue weighted by Gasteiger charge is 2.08. The third-order valence-electron chi connectivity index (χ3n) is 1.94. The van der Waals surface area contributed by atoms with Crippen LogP contribution in [0.3, 0.4) is 0 Å². The number of carbonyl (C=O) groups excluding carboxylic acids is 2. The molecule has 1 aromatic rings. The van der Waals surface area contributed by atoms with Gasteiger partial charge >= 0.3 is 6.09 Å². The lowest BCUT2D eigenvalue weighted by atomic mass is 10.1. The number of thioether (sulfide) groups is 1. The molecule has 1 atom stereocenters. The number of hydrogen-bond acceptors (Lipinski definition) is 4. The number of benzene rings is 1. The zero-order chi connectivity index (χ0) is 12.0. The normalized spacial score (nSPS) is 11.8. The first kappa shape index (κ1) is 12.6. The Morgan fingerprint density at radius 2 is 2.25 bits per heavy atom. The summed E-state index contributed by atoms with van der Waals surface area (Å²) in [6.07, 6.45) is 0.0267. The van der Waals surface area contributed by atoms with Crippen LogP contribution in [0.15, 0.2) is 24.3 Å². The molecule has 0 fully saturated rings. The molecule has 4 nitrogen and oxygen atoms in total. The van der Waals surface area contributed by atoms with Crippen LogP contribution in [0.25, 0.3) is 0 Å². The number of aldehydes is 1. The third kappa shape index (κ3) is 3.94. The van der Waals surface area contributed by atoms with Crippen molar-refractivity contribution in [3.05, 3.63) is 35.4 Å². The van der Waals surface area contributed by atoms with Crippen molar-refractivity contribution >= 4 is 24.1 Å². The number of ether oxygens (including phenoxy) is 1. The van der Waals surface area contributed by atoms with E-state index >= 15 is 0 Å². The zero-order valence-corrected chi connectivity index (χ0v) is 9.70. The van der Waals surface area contributed by atoms with Gasteiger partial charge in [-0.15, -0.1) is 11.8 Å². The Balaban J connectivity index is 2.54. The van der Waals surface area contributed by atoms with E-state index in [2.05, 4.69) is 0 Å². The van der Waals surface area contributed by atoms with Gasteiger partial charge in [0.05, 0.1) is 0 Å². The average Bonchev–Trinajstić information content (AvgIpc) is 2.26. The van der Waals surface area contributed by atoms with E-state index in [1.54, 1.807) is 19.1 Å². The highest BCUT2D eigenvalue weighted by Crippen LogP contribution is 2.20. The molecule has 0 spiro atoms. The van der Waals surface area contributed by atoms with Crippen LogP contribution >= 0.6 is 11.8 Å². The molecule has 86 valence electrons. The van der Waals surface area contributed by atoms with Crippen LogP contribution in [0.5, 0.6) is 0 Å².